The lowest BCUT2D eigenvalue weighted by Crippen LogP contribution is -2.08. The highest BCUT2D eigenvalue weighted by atomic mass is 16.7. The lowest BCUT2D eigenvalue weighted by molar-refractivity contribution is 0.0444. The van der Waals surface area contributed by atoms with Crippen molar-refractivity contribution in [1.82, 2.24) is 0 Å². The van der Waals surface area contributed by atoms with Crippen molar-refractivity contribution >= 4 is 0 Å². The van der Waals surface area contributed by atoms with Crippen LogP contribution in [0.1, 0.15) is 36.8 Å². The number of rotatable bonds is 23. The van der Waals surface area contributed by atoms with Crippen molar-refractivity contribution in [2.75, 3.05) is 84.1 Å². The Hall–Kier alpha value is -3.32. The van der Waals surface area contributed by atoms with Gasteiger partial charge in [-0.2, -0.15) is 0 Å². The number of ether oxygens (including phenoxy) is 12. The quantitative estimate of drug-likeness (QED) is 0.127. The number of benzene rings is 2. The molecule has 0 unspecified atom stereocenters. The van der Waals surface area contributed by atoms with E-state index in [1.54, 1.807) is 69.0 Å². The molecule has 42 heavy (non-hydrogen) atoms. The molecule has 0 aliphatic carbocycles. The Morgan fingerprint density at radius 2 is 0.738 bits per heavy atom. The fourth-order valence-corrected chi connectivity index (χ4v) is 4.47. The number of unbranched alkanes of at least 4 members (excludes halogenated alkanes) is 3. The van der Waals surface area contributed by atoms with E-state index < -0.39 is 0 Å². The molecule has 0 aromatic heterocycles. The summed E-state index contributed by atoms with van der Waals surface area (Å²) in [7, 11) is 12.6. The highest BCUT2D eigenvalue weighted by Crippen LogP contribution is 2.47. The average Bonchev–Trinajstić information content (AvgIpc) is 3.01. The third-order valence-corrected chi connectivity index (χ3v) is 6.27. The summed E-state index contributed by atoms with van der Waals surface area (Å²) in [5.74, 6) is 4.33. The van der Waals surface area contributed by atoms with Crippen LogP contribution >= 0.6 is 0 Å². The zero-order chi connectivity index (χ0) is 30.7. The highest BCUT2D eigenvalue weighted by Gasteiger charge is 2.24. The van der Waals surface area contributed by atoms with Gasteiger partial charge < -0.3 is 56.8 Å². The molecule has 238 valence electrons. The van der Waals surface area contributed by atoms with Crippen molar-refractivity contribution in [3.05, 3.63) is 23.3 Å². The molecule has 0 aliphatic heterocycles. The Morgan fingerprint density at radius 3 is 1.05 bits per heavy atom. The van der Waals surface area contributed by atoms with Crippen molar-refractivity contribution in [3.8, 4) is 46.0 Å². The van der Waals surface area contributed by atoms with Crippen LogP contribution in [-0.4, -0.2) is 84.1 Å². The minimum absolute atomic E-state index is 0.0662. The molecule has 0 N–H and O–H groups in total. The van der Waals surface area contributed by atoms with E-state index in [1.165, 1.54) is 0 Å². The highest BCUT2D eigenvalue weighted by molar-refractivity contribution is 5.62. The summed E-state index contributed by atoms with van der Waals surface area (Å²) < 4.78 is 66.4. The topological polar surface area (TPSA) is 111 Å². The average molecular weight is 599 g/mol. The van der Waals surface area contributed by atoms with Gasteiger partial charge >= 0.3 is 0 Å². The van der Waals surface area contributed by atoms with Crippen LogP contribution in [0.2, 0.25) is 0 Å². The van der Waals surface area contributed by atoms with Crippen LogP contribution < -0.4 is 37.9 Å². The fourth-order valence-electron chi connectivity index (χ4n) is 4.47. The predicted octanol–water partition coefficient (Wildman–Crippen LogP) is 5.00. The van der Waals surface area contributed by atoms with Gasteiger partial charge in [0, 0.05) is 51.7 Å². The van der Waals surface area contributed by atoms with Gasteiger partial charge in [-0.15, -0.1) is 0 Å². The molecule has 12 heteroatoms. The van der Waals surface area contributed by atoms with E-state index in [9.17, 15) is 0 Å². The molecule has 2 aromatic carbocycles. The van der Waals surface area contributed by atoms with Gasteiger partial charge in [0.2, 0.25) is 0 Å². The molecule has 0 bridgehead atoms. The zero-order valence-electron chi connectivity index (χ0n) is 26.1. The summed E-state index contributed by atoms with van der Waals surface area (Å²) in [5, 5.41) is 0. The molecule has 0 saturated heterocycles. The second-order valence-corrected chi connectivity index (χ2v) is 8.95. The molecule has 0 fully saturated rings. The molecule has 0 aliphatic rings. The van der Waals surface area contributed by atoms with Gasteiger partial charge in [0.05, 0.1) is 28.4 Å². The van der Waals surface area contributed by atoms with Crippen LogP contribution in [0.4, 0.5) is 0 Å². The van der Waals surface area contributed by atoms with Gasteiger partial charge in [-0.25, -0.2) is 0 Å². The molecule has 2 aromatic rings. The van der Waals surface area contributed by atoms with Crippen LogP contribution in [0.3, 0.4) is 0 Å². The SMILES string of the molecule is COCOc1cc(OC)c(OCOC)c(CCCCCCc2c(OC)c(OCOC)cc(OC)c2OCOC)c1OC. The Kier molecular flexibility index (Phi) is 16.4. The predicted molar refractivity (Wildman–Crippen MR) is 155 cm³/mol. The molecule has 0 radical (unpaired) electrons. The van der Waals surface area contributed by atoms with Gasteiger partial charge in [-0.3, -0.25) is 0 Å². The van der Waals surface area contributed by atoms with E-state index in [0.29, 0.717) is 58.8 Å². The fraction of sp³-hybridized carbons (Fsp3) is 0.600. The van der Waals surface area contributed by atoms with Gasteiger partial charge in [0.25, 0.3) is 0 Å². The summed E-state index contributed by atoms with van der Waals surface area (Å²) in [6.45, 7) is 0.270. The van der Waals surface area contributed by atoms with E-state index in [0.717, 1.165) is 36.8 Å². The molecule has 0 amide bonds. The number of hydrogen-bond acceptors (Lipinski definition) is 12. The van der Waals surface area contributed by atoms with Gasteiger partial charge in [-0.1, -0.05) is 12.8 Å². The Morgan fingerprint density at radius 1 is 0.381 bits per heavy atom. The first kappa shape index (κ1) is 34.9. The molecule has 0 atom stereocenters. The molecular formula is C30H46O12. The molecule has 0 saturated carbocycles. The van der Waals surface area contributed by atoms with E-state index in [2.05, 4.69) is 0 Å². The minimum Gasteiger partial charge on any atom is -0.493 e. The Balaban J connectivity index is 2.20. The van der Waals surface area contributed by atoms with Crippen LogP contribution in [0.15, 0.2) is 12.1 Å². The first-order chi connectivity index (χ1) is 20.5. The van der Waals surface area contributed by atoms with Crippen molar-refractivity contribution < 1.29 is 56.8 Å². The van der Waals surface area contributed by atoms with Crippen molar-refractivity contribution in [2.24, 2.45) is 0 Å². The largest absolute Gasteiger partial charge is 0.493 e. The summed E-state index contributed by atoms with van der Waals surface area (Å²) >= 11 is 0. The number of hydrogen-bond donors (Lipinski definition) is 0. The van der Waals surface area contributed by atoms with E-state index in [-0.39, 0.29) is 27.2 Å². The Labute approximate surface area is 248 Å². The van der Waals surface area contributed by atoms with Crippen LogP contribution in [0.25, 0.3) is 0 Å². The monoisotopic (exact) mass is 598 g/mol. The molecular weight excluding hydrogens is 552 g/mol. The van der Waals surface area contributed by atoms with Crippen molar-refractivity contribution in [1.29, 1.82) is 0 Å². The van der Waals surface area contributed by atoms with Gasteiger partial charge in [0.1, 0.15) is 0 Å². The second-order valence-electron chi connectivity index (χ2n) is 8.95. The third kappa shape index (κ3) is 9.62. The number of methoxy groups -OCH3 is 8. The maximum Gasteiger partial charge on any atom is 0.188 e. The van der Waals surface area contributed by atoms with Crippen molar-refractivity contribution in [3.63, 3.8) is 0 Å². The Bertz CT molecular complexity index is 976. The summed E-state index contributed by atoms with van der Waals surface area (Å²) in [6, 6.07) is 3.45. The maximum absolute atomic E-state index is 5.89. The van der Waals surface area contributed by atoms with Crippen LogP contribution in [0.5, 0.6) is 46.0 Å². The van der Waals surface area contributed by atoms with Gasteiger partial charge in [0.15, 0.2) is 73.2 Å². The standard InChI is InChI=1S/C30H46O12/c1-31-17-39-25-15-23(35-5)29(41-19-33-3)21(27(25)37-7)13-11-9-10-12-14-22-28(38-8)26(40-18-32-2)16-24(36-6)30(22)42-20-34-4/h15-16H,9-14,17-20H2,1-8H3. The summed E-state index contributed by atoms with van der Waals surface area (Å²) in [6.07, 6.45) is 4.94. The van der Waals surface area contributed by atoms with E-state index in [1.807, 2.05) is 0 Å². The zero-order valence-corrected chi connectivity index (χ0v) is 26.1. The first-order valence-electron chi connectivity index (χ1n) is 13.6. The summed E-state index contributed by atoms with van der Waals surface area (Å²) in [4.78, 5) is 0. The lowest BCUT2D eigenvalue weighted by atomic mass is 10.00. The van der Waals surface area contributed by atoms with Crippen molar-refractivity contribution in [2.45, 2.75) is 38.5 Å². The maximum atomic E-state index is 5.89. The molecule has 2 rings (SSSR count). The molecule has 0 spiro atoms. The summed E-state index contributed by atoms with van der Waals surface area (Å²) in [5.41, 5.74) is 1.68. The third-order valence-electron chi connectivity index (χ3n) is 6.27. The normalized spacial score (nSPS) is 10.8. The lowest BCUT2D eigenvalue weighted by Gasteiger charge is -2.21. The molecule has 12 nitrogen and oxygen atoms in total. The van der Waals surface area contributed by atoms with Crippen LogP contribution in [0, 0.1) is 0 Å². The van der Waals surface area contributed by atoms with Gasteiger partial charge in [-0.05, 0) is 25.7 Å². The smallest absolute Gasteiger partial charge is 0.188 e. The minimum atomic E-state index is 0.0662. The van der Waals surface area contributed by atoms with E-state index in [4.69, 9.17) is 56.8 Å². The second kappa shape index (κ2) is 19.7. The van der Waals surface area contributed by atoms with Crippen LogP contribution in [-0.2, 0) is 31.8 Å². The van der Waals surface area contributed by atoms with E-state index >= 15 is 0 Å². The first-order valence-corrected chi connectivity index (χ1v) is 13.6. The molecule has 0 heterocycles.